The Morgan fingerprint density at radius 1 is 0.880 bits per heavy atom. The van der Waals surface area contributed by atoms with E-state index in [0.29, 0.717) is 12.1 Å². The summed E-state index contributed by atoms with van der Waals surface area (Å²) in [6.07, 6.45) is 0. The average Bonchev–Trinajstić information content (AvgIpc) is 3.00. The second kappa shape index (κ2) is 6.44. The second-order valence-electron chi connectivity index (χ2n) is 6.16. The smallest absolute Gasteiger partial charge is 0.251 e. The van der Waals surface area contributed by atoms with Gasteiger partial charge in [0.25, 0.3) is 5.91 Å². The Morgan fingerprint density at radius 3 is 2.40 bits per heavy atom. The molecule has 1 N–H and O–H groups in total. The van der Waals surface area contributed by atoms with Crippen LogP contribution in [0.15, 0.2) is 72.8 Å². The molecule has 1 heterocycles. The monoisotopic (exact) mass is 328 g/mol. The summed E-state index contributed by atoms with van der Waals surface area (Å²) < 4.78 is 2.29. The van der Waals surface area contributed by atoms with Gasteiger partial charge in [0.15, 0.2) is 0 Å². The highest BCUT2D eigenvalue weighted by molar-refractivity contribution is 6.10. The Bertz CT molecular complexity index is 1050. The SMILES string of the molecule is CCn1c2ccccc2c2cc(C(=O)NCc3ccccc3)ccc21. The molecule has 0 atom stereocenters. The van der Waals surface area contributed by atoms with Crippen LogP contribution in [0, 0.1) is 0 Å². The molecule has 0 bridgehead atoms. The summed E-state index contributed by atoms with van der Waals surface area (Å²) in [5.74, 6) is -0.0425. The third-order valence-electron chi connectivity index (χ3n) is 4.65. The van der Waals surface area contributed by atoms with E-state index in [1.165, 1.54) is 16.4 Å². The summed E-state index contributed by atoms with van der Waals surface area (Å²) in [6.45, 7) is 3.59. The summed E-state index contributed by atoms with van der Waals surface area (Å²) in [6, 6.07) is 24.3. The maximum atomic E-state index is 12.6. The van der Waals surface area contributed by atoms with Gasteiger partial charge in [-0.05, 0) is 36.8 Å². The van der Waals surface area contributed by atoms with Gasteiger partial charge in [-0.25, -0.2) is 0 Å². The van der Waals surface area contributed by atoms with Crippen molar-refractivity contribution in [2.24, 2.45) is 0 Å². The van der Waals surface area contributed by atoms with Crippen molar-refractivity contribution >= 4 is 27.7 Å². The van der Waals surface area contributed by atoms with Crippen LogP contribution >= 0.6 is 0 Å². The van der Waals surface area contributed by atoms with E-state index >= 15 is 0 Å². The van der Waals surface area contributed by atoms with Crippen LogP contribution < -0.4 is 5.32 Å². The van der Waals surface area contributed by atoms with E-state index in [2.05, 4.69) is 41.1 Å². The molecule has 0 saturated carbocycles. The lowest BCUT2D eigenvalue weighted by atomic mass is 10.1. The first-order valence-electron chi connectivity index (χ1n) is 8.61. The number of amides is 1. The van der Waals surface area contributed by atoms with Crippen LogP contribution in [-0.4, -0.2) is 10.5 Å². The van der Waals surface area contributed by atoms with Crippen molar-refractivity contribution in [3.05, 3.63) is 83.9 Å². The average molecular weight is 328 g/mol. The summed E-state index contributed by atoms with van der Waals surface area (Å²) >= 11 is 0. The van der Waals surface area contributed by atoms with Gasteiger partial charge in [0.2, 0.25) is 0 Å². The van der Waals surface area contributed by atoms with Crippen LogP contribution in [0.5, 0.6) is 0 Å². The summed E-state index contributed by atoms with van der Waals surface area (Å²) in [5, 5.41) is 5.32. The molecule has 0 unspecified atom stereocenters. The van der Waals surface area contributed by atoms with E-state index in [1.807, 2.05) is 48.5 Å². The fourth-order valence-electron chi connectivity index (χ4n) is 3.42. The van der Waals surface area contributed by atoms with Crippen molar-refractivity contribution in [2.45, 2.75) is 20.0 Å². The number of aryl methyl sites for hydroxylation is 1. The molecule has 0 spiro atoms. The Morgan fingerprint density at radius 2 is 1.60 bits per heavy atom. The normalized spacial score (nSPS) is 11.1. The van der Waals surface area contributed by atoms with E-state index in [1.54, 1.807) is 0 Å². The van der Waals surface area contributed by atoms with Gasteiger partial charge in [0.1, 0.15) is 0 Å². The lowest BCUT2D eigenvalue weighted by Gasteiger charge is -2.06. The minimum absolute atomic E-state index is 0.0425. The zero-order valence-corrected chi connectivity index (χ0v) is 14.2. The first-order valence-corrected chi connectivity index (χ1v) is 8.61. The lowest BCUT2D eigenvalue weighted by Crippen LogP contribution is -2.22. The molecule has 0 saturated heterocycles. The number of aromatic nitrogens is 1. The van der Waals surface area contributed by atoms with Crippen LogP contribution in [0.25, 0.3) is 21.8 Å². The number of nitrogens with one attached hydrogen (secondary N) is 1. The summed E-state index contributed by atoms with van der Waals surface area (Å²) in [7, 11) is 0. The third kappa shape index (κ3) is 2.78. The van der Waals surface area contributed by atoms with Crippen LogP contribution in [0.1, 0.15) is 22.8 Å². The van der Waals surface area contributed by atoms with Crippen LogP contribution in [0.3, 0.4) is 0 Å². The molecule has 0 aliphatic heterocycles. The number of nitrogens with zero attached hydrogens (tertiary/aromatic N) is 1. The van der Waals surface area contributed by atoms with Crippen molar-refractivity contribution in [1.29, 1.82) is 0 Å². The number of hydrogen-bond donors (Lipinski definition) is 1. The van der Waals surface area contributed by atoms with Crippen LogP contribution in [0.4, 0.5) is 0 Å². The third-order valence-corrected chi connectivity index (χ3v) is 4.65. The standard InChI is InChI=1S/C22H20N2O/c1-2-24-20-11-7-6-10-18(20)19-14-17(12-13-21(19)24)22(25)23-15-16-8-4-3-5-9-16/h3-14H,2,15H2,1H3,(H,23,25). The Kier molecular flexibility index (Phi) is 3.98. The predicted molar refractivity (Wildman–Crippen MR) is 103 cm³/mol. The molecule has 0 radical (unpaired) electrons. The van der Waals surface area contributed by atoms with E-state index in [0.717, 1.165) is 17.5 Å². The maximum Gasteiger partial charge on any atom is 0.251 e. The zero-order chi connectivity index (χ0) is 17.2. The van der Waals surface area contributed by atoms with Crippen LogP contribution in [-0.2, 0) is 13.1 Å². The Hall–Kier alpha value is -3.07. The van der Waals surface area contributed by atoms with Gasteiger partial charge in [-0.3, -0.25) is 4.79 Å². The molecule has 1 aromatic heterocycles. The molecule has 3 aromatic carbocycles. The quantitative estimate of drug-likeness (QED) is 0.576. The number of rotatable bonds is 4. The second-order valence-corrected chi connectivity index (χ2v) is 6.16. The molecule has 0 aliphatic carbocycles. The van der Waals surface area contributed by atoms with Crippen LogP contribution in [0.2, 0.25) is 0 Å². The van der Waals surface area contributed by atoms with Gasteiger partial charge < -0.3 is 9.88 Å². The number of fused-ring (bicyclic) bond motifs is 3. The number of carbonyl (C=O) groups is 1. The number of para-hydroxylation sites is 1. The van der Waals surface area contributed by atoms with Gasteiger partial charge in [-0.2, -0.15) is 0 Å². The van der Waals surface area contributed by atoms with Crippen molar-refractivity contribution < 1.29 is 4.79 Å². The molecule has 3 heteroatoms. The molecule has 3 nitrogen and oxygen atoms in total. The van der Waals surface area contributed by atoms with E-state index in [9.17, 15) is 4.79 Å². The number of hydrogen-bond acceptors (Lipinski definition) is 1. The van der Waals surface area contributed by atoms with Crippen molar-refractivity contribution in [1.82, 2.24) is 9.88 Å². The highest BCUT2D eigenvalue weighted by Crippen LogP contribution is 2.29. The highest BCUT2D eigenvalue weighted by Gasteiger charge is 2.12. The molecule has 0 fully saturated rings. The van der Waals surface area contributed by atoms with E-state index < -0.39 is 0 Å². The van der Waals surface area contributed by atoms with Gasteiger partial charge >= 0.3 is 0 Å². The minimum Gasteiger partial charge on any atom is -0.348 e. The maximum absolute atomic E-state index is 12.6. The molecule has 4 aromatic rings. The fourth-order valence-corrected chi connectivity index (χ4v) is 3.42. The Balaban J connectivity index is 1.69. The predicted octanol–water partition coefficient (Wildman–Crippen LogP) is 4.74. The van der Waals surface area contributed by atoms with E-state index in [4.69, 9.17) is 0 Å². The lowest BCUT2D eigenvalue weighted by molar-refractivity contribution is 0.0951. The van der Waals surface area contributed by atoms with Crippen molar-refractivity contribution in [3.63, 3.8) is 0 Å². The molecule has 25 heavy (non-hydrogen) atoms. The molecule has 1 amide bonds. The molecular weight excluding hydrogens is 308 g/mol. The number of carbonyl (C=O) groups excluding carboxylic acids is 1. The molecule has 0 aliphatic rings. The minimum atomic E-state index is -0.0425. The largest absolute Gasteiger partial charge is 0.348 e. The summed E-state index contributed by atoms with van der Waals surface area (Å²) in [5.41, 5.74) is 4.17. The first kappa shape index (κ1) is 15.5. The summed E-state index contributed by atoms with van der Waals surface area (Å²) in [4.78, 5) is 12.6. The Labute approximate surface area is 146 Å². The number of benzene rings is 3. The molecular formula is C22H20N2O. The topological polar surface area (TPSA) is 34.0 Å². The highest BCUT2D eigenvalue weighted by atomic mass is 16.1. The van der Waals surface area contributed by atoms with Crippen molar-refractivity contribution in [2.75, 3.05) is 0 Å². The van der Waals surface area contributed by atoms with Gasteiger partial charge in [-0.15, -0.1) is 0 Å². The first-order chi connectivity index (χ1) is 12.3. The molecule has 124 valence electrons. The molecule has 4 rings (SSSR count). The zero-order valence-electron chi connectivity index (χ0n) is 14.2. The van der Waals surface area contributed by atoms with Crippen molar-refractivity contribution in [3.8, 4) is 0 Å². The van der Waals surface area contributed by atoms with Gasteiger partial charge in [0, 0.05) is 40.5 Å². The van der Waals surface area contributed by atoms with Gasteiger partial charge in [-0.1, -0.05) is 48.5 Å². The van der Waals surface area contributed by atoms with E-state index in [-0.39, 0.29) is 5.91 Å². The fraction of sp³-hybridized carbons (Fsp3) is 0.136. The van der Waals surface area contributed by atoms with Gasteiger partial charge in [0.05, 0.1) is 0 Å².